The molecule has 1 aromatic carbocycles. The first-order valence-corrected chi connectivity index (χ1v) is 7.60. The van der Waals surface area contributed by atoms with Gasteiger partial charge in [0.25, 0.3) is 11.8 Å². The van der Waals surface area contributed by atoms with Crippen LogP contribution in [0.25, 0.3) is 5.57 Å². The minimum atomic E-state index is -1.03. The molecule has 1 amide bonds. The van der Waals surface area contributed by atoms with E-state index in [1.165, 1.54) is 18.2 Å². The topological polar surface area (TPSA) is 88.2 Å². The van der Waals surface area contributed by atoms with Crippen molar-refractivity contribution < 1.29 is 23.2 Å². The van der Waals surface area contributed by atoms with Crippen LogP contribution in [0.1, 0.15) is 34.5 Å². The maximum Gasteiger partial charge on any atom is 0.251 e. The molecule has 0 bridgehead atoms. The van der Waals surface area contributed by atoms with Gasteiger partial charge in [0.05, 0.1) is 6.61 Å². The zero-order valence-electron chi connectivity index (χ0n) is 13.0. The molecule has 130 valence electrons. The Balaban J connectivity index is 1.72. The first-order valence-electron chi connectivity index (χ1n) is 7.60. The Morgan fingerprint density at radius 3 is 2.80 bits per heavy atom. The molecule has 6 nitrogen and oxygen atoms in total. The highest BCUT2D eigenvalue weighted by molar-refractivity contribution is 5.94. The standard InChI is InChI=1S/C17H15F2N3O3/c18-12-5-1-10(2-6-12)15-21-17(25-22-15)14(9-23)20-16(24)11-3-7-13(19)8-4-11/h1-5,7-8,12,14,23H,6,9H2,(H,20,24)/t12?,14-/m0/s1. The molecule has 1 aliphatic rings. The minimum Gasteiger partial charge on any atom is -0.394 e. The third-order valence-electron chi connectivity index (χ3n) is 3.64. The number of alkyl halides is 1. The molecule has 0 aliphatic heterocycles. The van der Waals surface area contributed by atoms with Gasteiger partial charge in [-0.15, -0.1) is 0 Å². The van der Waals surface area contributed by atoms with Crippen molar-refractivity contribution in [2.45, 2.75) is 18.6 Å². The first-order chi connectivity index (χ1) is 12.1. The number of nitrogens with one attached hydrogen (secondary N) is 1. The maximum absolute atomic E-state index is 13.1. The number of amides is 1. The molecule has 1 aromatic heterocycles. The number of aliphatic hydroxyl groups excluding tert-OH is 1. The summed E-state index contributed by atoms with van der Waals surface area (Å²) in [5, 5.41) is 15.8. The van der Waals surface area contributed by atoms with E-state index in [9.17, 15) is 18.7 Å². The molecular formula is C17H15F2N3O3. The molecular weight excluding hydrogens is 332 g/mol. The lowest BCUT2D eigenvalue weighted by Gasteiger charge is -2.12. The third kappa shape index (κ3) is 3.97. The molecule has 1 unspecified atom stereocenters. The highest BCUT2D eigenvalue weighted by Gasteiger charge is 2.22. The van der Waals surface area contributed by atoms with Gasteiger partial charge in [0, 0.05) is 17.6 Å². The van der Waals surface area contributed by atoms with Crippen LogP contribution in [0.5, 0.6) is 0 Å². The Kier molecular flexibility index (Phi) is 4.99. The quantitative estimate of drug-likeness (QED) is 0.867. The smallest absolute Gasteiger partial charge is 0.251 e. The summed E-state index contributed by atoms with van der Waals surface area (Å²) < 4.78 is 31.1. The fraction of sp³-hybridized carbons (Fsp3) is 0.235. The summed E-state index contributed by atoms with van der Waals surface area (Å²) in [6.07, 6.45) is 3.78. The predicted molar refractivity (Wildman–Crippen MR) is 84.6 cm³/mol. The Morgan fingerprint density at radius 1 is 1.40 bits per heavy atom. The van der Waals surface area contributed by atoms with Gasteiger partial charge >= 0.3 is 0 Å². The van der Waals surface area contributed by atoms with Crippen molar-refractivity contribution in [3.8, 4) is 0 Å². The van der Waals surface area contributed by atoms with Gasteiger partial charge in [-0.3, -0.25) is 4.79 Å². The van der Waals surface area contributed by atoms with Gasteiger partial charge in [0.15, 0.2) is 0 Å². The molecule has 8 heteroatoms. The van der Waals surface area contributed by atoms with Gasteiger partial charge in [0.2, 0.25) is 5.82 Å². The van der Waals surface area contributed by atoms with Crippen LogP contribution in [0, 0.1) is 5.82 Å². The second-order valence-corrected chi connectivity index (χ2v) is 5.44. The molecule has 0 radical (unpaired) electrons. The van der Waals surface area contributed by atoms with Gasteiger partial charge in [0.1, 0.15) is 18.0 Å². The Hall–Kier alpha value is -2.87. The number of nitrogens with zero attached hydrogens (tertiary/aromatic N) is 2. The van der Waals surface area contributed by atoms with E-state index in [0.29, 0.717) is 5.57 Å². The van der Waals surface area contributed by atoms with Crippen molar-refractivity contribution in [2.24, 2.45) is 0 Å². The van der Waals surface area contributed by atoms with Gasteiger partial charge < -0.3 is 14.9 Å². The Labute approximate surface area is 141 Å². The van der Waals surface area contributed by atoms with E-state index in [-0.39, 0.29) is 23.7 Å². The normalized spacial score (nSPS) is 17.9. The number of carbonyl (C=O) groups is 1. The second kappa shape index (κ2) is 7.35. The number of aromatic nitrogens is 2. The summed E-state index contributed by atoms with van der Waals surface area (Å²) in [5.41, 5.74) is 0.831. The molecule has 2 N–H and O–H groups in total. The van der Waals surface area contributed by atoms with Crippen molar-refractivity contribution in [1.82, 2.24) is 15.5 Å². The molecule has 0 saturated heterocycles. The van der Waals surface area contributed by atoms with Crippen LogP contribution in [-0.4, -0.2) is 33.9 Å². The number of hydrogen-bond acceptors (Lipinski definition) is 5. The van der Waals surface area contributed by atoms with Crippen molar-refractivity contribution in [1.29, 1.82) is 0 Å². The number of rotatable bonds is 5. The summed E-state index contributed by atoms with van der Waals surface area (Å²) in [7, 11) is 0. The molecule has 0 fully saturated rings. The number of benzene rings is 1. The van der Waals surface area contributed by atoms with Crippen LogP contribution >= 0.6 is 0 Å². The van der Waals surface area contributed by atoms with Crippen LogP contribution in [0.4, 0.5) is 8.78 Å². The van der Waals surface area contributed by atoms with Crippen LogP contribution in [0.2, 0.25) is 0 Å². The number of halogens is 2. The second-order valence-electron chi connectivity index (χ2n) is 5.44. The lowest BCUT2D eigenvalue weighted by Crippen LogP contribution is -2.31. The number of allylic oxidation sites excluding steroid dienone is 4. The van der Waals surface area contributed by atoms with Crippen molar-refractivity contribution >= 4 is 11.5 Å². The Morgan fingerprint density at radius 2 is 2.16 bits per heavy atom. The molecule has 1 heterocycles. The van der Waals surface area contributed by atoms with E-state index < -0.39 is 30.5 Å². The monoisotopic (exact) mass is 347 g/mol. The number of carbonyl (C=O) groups excluding carboxylic acids is 1. The highest BCUT2D eigenvalue weighted by Crippen LogP contribution is 2.22. The largest absolute Gasteiger partial charge is 0.394 e. The third-order valence-corrected chi connectivity index (χ3v) is 3.64. The zero-order valence-corrected chi connectivity index (χ0v) is 13.0. The predicted octanol–water partition coefficient (Wildman–Crippen LogP) is 2.35. The molecule has 2 atom stereocenters. The number of hydrogen-bond donors (Lipinski definition) is 2. The van der Waals surface area contributed by atoms with Gasteiger partial charge in [-0.25, -0.2) is 8.78 Å². The molecule has 25 heavy (non-hydrogen) atoms. The van der Waals surface area contributed by atoms with E-state index in [1.807, 2.05) is 0 Å². The molecule has 3 rings (SSSR count). The van der Waals surface area contributed by atoms with E-state index in [2.05, 4.69) is 15.5 Å². The van der Waals surface area contributed by atoms with E-state index in [1.54, 1.807) is 12.2 Å². The van der Waals surface area contributed by atoms with Gasteiger partial charge in [-0.05, 0) is 30.3 Å². The van der Waals surface area contributed by atoms with Crippen LogP contribution in [0.3, 0.4) is 0 Å². The SMILES string of the molecule is O=C(N[C@@H](CO)c1nc(C2=CCC(F)C=C2)no1)c1ccc(F)cc1. The zero-order chi connectivity index (χ0) is 17.8. The lowest BCUT2D eigenvalue weighted by molar-refractivity contribution is 0.0901. The summed E-state index contributed by atoms with van der Waals surface area (Å²) in [6, 6.07) is 4.05. The fourth-order valence-electron chi connectivity index (χ4n) is 2.28. The van der Waals surface area contributed by atoms with Crippen molar-refractivity contribution in [3.05, 3.63) is 65.6 Å². The van der Waals surface area contributed by atoms with Crippen molar-refractivity contribution in [3.63, 3.8) is 0 Å². The lowest BCUT2D eigenvalue weighted by atomic mass is 10.1. The molecule has 2 aromatic rings. The maximum atomic E-state index is 13.1. The molecule has 0 saturated carbocycles. The molecule has 0 spiro atoms. The van der Waals surface area contributed by atoms with Crippen LogP contribution in [0.15, 0.2) is 47.0 Å². The van der Waals surface area contributed by atoms with E-state index in [4.69, 9.17) is 4.52 Å². The van der Waals surface area contributed by atoms with Crippen molar-refractivity contribution in [2.75, 3.05) is 6.61 Å². The highest BCUT2D eigenvalue weighted by atomic mass is 19.1. The van der Waals surface area contributed by atoms with E-state index in [0.717, 1.165) is 12.1 Å². The van der Waals surface area contributed by atoms with Gasteiger partial charge in [-0.1, -0.05) is 17.3 Å². The minimum absolute atomic E-state index is 0.0182. The number of aliphatic hydroxyl groups is 1. The van der Waals surface area contributed by atoms with Crippen LogP contribution in [-0.2, 0) is 0 Å². The average molecular weight is 347 g/mol. The van der Waals surface area contributed by atoms with E-state index >= 15 is 0 Å². The summed E-state index contributed by atoms with van der Waals surface area (Å²) in [6.45, 7) is -0.462. The van der Waals surface area contributed by atoms with Crippen LogP contribution < -0.4 is 5.32 Å². The summed E-state index contributed by atoms with van der Waals surface area (Å²) >= 11 is 0. The molecule has 1 aliphatic carbocycles. The first kappa shape index (κ1) is 17.0. The average Bonchev–Trinajstić information content (AvgIpc) is 3.10. The fourth-order valence-corrected chi connectivity index (χ4v) is 2.28. The summed E-state index contributed by atoms with van der Waals surface area (Å²) in [4.78, 5) is 16.3. The summed E-state index contributed by atoms with van der Waals surface area (Å²) in [5.74, 6) is -0.714. The van der Waals surface area contributed by atoms with Gasteiger partial charge in [-0.2, -0.15) is 4.98 Å². The Bertz CT molecular complexity index is 815.